The summed E-state index contributed by atoms with van der Waals surface area (Å²) in [5, 5.41) is 11.5. The van der Waals surface area contributed by atoms with Crippen LogP contribution >= 0.6 is 11.6 Å². The number of piperidine rings is 1. The Kier molecular flexibility index (Phi) is 6.19. The molecule has 0 unspecified atom stereocenters. The molecule has 0 spiro atoms. The van der Waals surface area contributed by atoms with Crippen LogP contribution in [0.25, 0.3) is 0 Å². The van der Waals surface area contributed by atoms with E-state index < -0.39 is 11.9 Å². The maximum atomic E-state index is 12.7. The van der Waals surface area contributed by atoms with Gasteiger partial charge in [-0.3, -0.25) is 9.48 Å². The van der Waals surface area contributed by atoms with E-state index in [0.717, 1.165) is 10.7 Å². The Morgan fingerprint density at radius 2 is 2.00 bits per heavy atom. The number of hydrogen-bond acceptors (Lipinski definition) is 5. The molecule has 2 aromatic heterocycles. The zero-order valence-electron chi connectivity index (χ0n) is 15.1. The van der Waals surface area contributed by atoms with Gasteiger partial charge >= 0.3 is 6.18 Å². The monoisotopic (exact) mass is 417 g/mol. The number of likely N-dealkylation sites (tertiary alicyclic amines) is 1. The SMILES string of the molecule is Cc1cc(C(F)(F)F)nn1CC(=O)N1CCC(OCc2ccc(Cl)nn2)CC1. The van der Waals surface area contributed by atoms with Crippen LogP contribution in [0.15, 0.2) is 18.2 Å². The van der Waals surface area contributed by atoms with E-state index in [4.69, 9.17) is 16.3 Å². The average molecular weight is 418 g/mol. The number of halogens is 4. The van der Waals surface area contributed by atoms with E-state index in [-0.39, 0.29) is 18.6 Å². The Labute approximate surface area is 164 Å². The van der Waals surface area contributed by atoms with Crippen LogP contribution in [0, 0.1) is 6.92 Å². The van der Waals surface area contributed by atoms with Gasteiger partial charge < -0.3 is 9.64 Å². The van der Waals surface area contributed by atoms with Gasteiger partial charge in [-0.2, -0.15) is 23.4 Å². The summed E-state index contributed by atoms with van der Waals surface area (Å²) >= 11 is 5.68. The normalized spacial score (nSPS) is 15.8. The smallest absolute Gasteiger partial charge is 0.372 e. The standard InChI is InChI=1S/C17H19ClF3N5O2/c1-11-8-14(17(19,20)21)24-26(11)9-16(27)25-6-4-13(5-7-25)28-10-12-2-3-15(18)23-22-12/h2-3,8,13H,4-7,9-10H2,1H3. The first-order valence-corrected chi connectivity index (χ1v) is 9.09. The number of hydrogen-bond donors (Lipinski definition) is 0. The highest BCUT2D eigenvalue weighted by molar-refractivity contribution is 6.29. The lowest BCUT2D eigenvalue weighted by atomic mass is 10.1. The molecule has 0 saturated carbocycles. The number of nitrogens with zero attached hydrogens (tertiary/aromatic N) is 5. The van der Waals surface area contributed by atoms with E-state index in [1.165, 1.54) is 6.92 Å². The second-order valence-corrected chi connectivity index (χ2v) is 6.95. The summed E-state index contributed by atoms with van der Waals surface area (Å²) in [6, 6.07) is 4.30. The molecule has 3 rings (SSSR count). The van der Waals surface area contributed by atoms with E-state index in [1.54, 1.807) is 17.0 Å². The third kappa shape index (κ3) is 5.20. The van der Waals surface area contributed by atoms with Crippen LogP contribution in [0.3, 0.4) is 0 Å². The van der Waals surface area contributed by atoms with Gasteiger partial charge in [-0.1, -0.05) is 11.6 Å². The molecule has 1 aliphatic rings. The summed E-state index contributed by atoms with van der Waals surface area (Å²) in [5.41, 5.74) is -0.0318. The predicted octanol–water partition coefficient (Wildman–Crippen LogP) is 2.86. The first-order valence-electron chi connectivity index (χ1n) is 8.71. The highest BCUT2D eigenvalue weighted by Gasteiger charge is 2.34. The molecule has 28 heavy (non-hydrogen) atoms. The van der Waals surface area contributed by atoms with E-state index >= 15 is 0 Å². The molecule has 0 aromatic carbocycles. The molecule has 3 heterocycles. The Morgan fingerprint density at radius 3 is 2.57 bits per heavy atom. The summed E-state index contributed by atoms with van der Waals surface area (Å²) in [5.74, 6) is -0.262. The molecule has 0 N–H and O–H groups in total. The summed E-state index contributed by atoms with van der Waals surface area (Å²) in [4.78, 5) is 14.0. The molecular formula is C17H19ClF3N5O2. The van der Waals surface area contributed by atoms with Crippen LogP contribution in [0.4, 0.5) is 13.2 Å². The van der Waals surface area contributed by atoms with Crippen molar-refractivity contribution >= 4 is 17.5 Å². The molecule has 0 aliphatic carbocycles. The summed E-state index contributed by atoms with van der Waals surface area (Å²) in [7, 11) is 0. The van der Waals surface area contributed by atoms with Crippen molar-refractivity contribution in [2.45, 2.75) is 45.2 Å². The van der Waals surface area contributed by atoms with Gasteiger partial charge in [0.05, 0.1) is 18.4 Å². The maximum Gasteiger partial charge on any atom is 0.435 e. The highest BCUT2D eigenvalue weighted by Crippen LogP contribution is 2.28. The fraction of sp³-hybridized carbons (Fsp3) is 0.529. The first-order chi connectivity index (χ1) is 13.2. The summed E-state index contributed by atoms with van der Waals surface area (Å²) in [6.45, 7) is 2.53. The molecule has 7 nitrogen and oxygen atoms in total. The molecule has 2 aromatic rings. The van der Waals surface area contributed by atoms with E-state index in [9.17, 15) is 18.0 Å². The molecule has 0 bridgehead atoms. The van der Waals surface area contributed by atoms with E-state index in [2.05, 4.69) is 15.3 Å². The number of ether oxygens (including phenoxy) is 1. The highest BCUT2D eigenvalue weighted by atomic mass is 35.5. The topological polar surface area (TPSA) is 73.1 Å². The molecular weight excluding hydrogens is 399 g/mol. The van der Waals surface area contributed by atoms with Crippen molar-refractivity contribution in [2.24, 2.45) is 0 Å². The lowest BCUT2D eigenvalue weighted by molar-refractivity contribution is -0.142. The zero-order valence-corrected chi connectivity index (χ0v) is 15.9. The van der Waals surface area contributed by atoms with Crippen molar-refractivity contribution < 1.29 is 22.7 Å². The molecule has 0 radical (unpaired) electrons. The van der Waals surface area contributed by atoms with Crippen LogP contribution in [0.2, 0.25) is 5.15 Å². The number of aromatic nitrogens is 4. The van der Waals surface area contributed by atoms with Gasteiger partial charge in [-0.25, -0.2) is 0 Å². The van der Waals surface area contributed by atoms with Crippen LogP contribution < -0.4 is 0 Å². The van der Waals surface area contributed by atoms with Crippen LogP contribution in [-0.4, -0.2) is 50.0 Å². The Morgan fingerprint density at radius 1 is 1.29 bits per heavy atom. The zero-order chi connectivity index (χ0) is 20.3. The fourth-order valence-electron chi connectivity index (χ4n) is 2.93. The second kappa shape index (κ2) is 8.44. The van der Waals surface area contributed by atoms with E-state index in [1.807, 2.05) is 0 Å². The molecule has 1 amide bonds. The van der Waals surface area contributed by atoms with Gasteiger partial charge in [-0.05, 0) is 38.0 Å². The lowest BCUT2D eigenvalue weighted by Crippen LogP contribution is -2.42. The minimum absolute atomic E-state index is 0.0233. The molecule has 11 heteroatoms. The van der Waals surface area contributed by atoms with Gasteiger partial charge in [0.25, 0.3) is 0 Å². The molecule has 1 saturated heterocycles. The molecule has 1 fully saturated rings. The predicted molar refractivity (Wildman–Crippen MR) is 93.4 cm³/mol. The molecule has 1 aliphatic heterocycles. The number of amides is 1. The van der Waals surface area contributed by atoms with Gasteiger partial charge in [0.1, 0.15) is 6.54 Å². The minimum Gasteiger partial charge on any atom is -0.372 e. The lowest BCUT2D eigenvalue weighted by Gasteiger charge is -2.32. The number of carbonyl (C=O) groups is 1. The van der Waals surface area contributed by atoms with Crippen molar-refractivity contribution in [1.29, 1.82) is 0 Å². The van der Waals surface area contributed by atoms with Crippen molar-refractivity contribution in [1.82, 2.24) is 24.9 Å². The van der Waals surface area contributed by atoms with Gasteiger partial charge in [-0.15, -0.1) is 5.10 Å². The Bertz CT molecular complexity index is 817. The first kappa shape index (κ1) is 20.5. The quantitative estimate of drug-likeness (QED) is 0.748. The molecule has 0 atom stereocenters. The number of alkyl halides is 3. The minimum atomic E-state index is -4.52. The van der Waals surface area contributed by atoms with Gasteiger partial charge in [0.15, 0.2) is 10.8 Å². The van der Waals surface area contributed by atoms with Crippen molar-refractivity contribution in [3.05, 3.63) is 40.4 Å². The van der Waals surface area contributed by atoms with Gasteiger partial charge in [0.2, 0.25) is 5.91 Å². The second-order valence-electron chi connectivity index (χ2n) is 6.56. The largest absolute Gasteiger partial charge is 0.435 e. The Balaban J connectivity index is 1.47. The fourth-order valence-corrected chi connectivity index (χ4v) is 3.03. The van der Waals surface area contributed by atoms with Crippen LogP contribution in [0.1, 0.15) is 29.9 Å². The average Bonchev–Trinajstić information content (AvgIpc) is 3.02. The Hall–Kier alpha value is -2.20. The third-order valence-corrected chi connectivity index (χ3v) is 4.71. The summed E-state index contributed by atoms with van der Waals surface area (Å²) < 4.78 is 45.1. The van der Waals surface area contributed by atoms with Crippen molar-refractivity contribution in [3.63, 3.8) is 0 Å². The number of carbonyl (C=O) groups excluding carboxylic acids is 1. The van der Waals surface area contributed by atoms with Crippen LogP contribution in [-0.2, 0) is 28.9 Å². The number of rotatable bonds is 5. The molecule has 152 valence electrons. The van der Waals surface area contributed by atoms with E-state index in [0.29, 0.717) is 49.1 Å². The number of aryl methyl sites for hydroxylation is 1. The van der Waals surface area contributed by atoms with Crippen LogP contribution in [0.5, 0.6) is 0 Å². The van der Waals surface area contributed by atoms with Gasteiger partial charge in [0, 0.05) is 18.8 Å². The third-order valence-electron chi connectivity index (χ3n) is 4.51. The summed E-state index contributed by atoms with van der Waals surface area (Å²) in [6.07, 6.45) is -3.27. The van der Waals surface area contributed by atoms with Crippen molar-refractivity contribution in [3.8, 4) is 0 Å². The maximum absolute atomic E-state index is 12.7. The van der Waals surface area contributed by atoms with Crippen molar-refractivity contribution in [2.75, 3.05) is 13.1 Å².